The molecular formula is C15H30O2. The Hall–Kier alpha value is -0.0800. The van der Waals surface area contributed by atoms with Gasteiger partial charge in [-0.3, -0.25) is 0 Å². The fourth-order valence-electron chi connectivity index (χ4n) is 2.65. The predicted molar refractivity (Wildman–Crippen MR) is 72.1 cm³/mol. The van der Waals surface area contributed by atoms with Crippen LogP contribution in [0, 0.1) is 11.8 Å². The summed E-state index contributed by atoms with van der Waals surface area (Å²) < 4.78 is 5.97. The maximum Gasteiger partial charge on any atom is 0.0836 e. The number of unbranched alkanes of at least 4 members (excludes halogenated alkanes) is 1. The van der Waals surface area contributed by atoms with Crippen LogP contribution in [0.15, 0.2) is 0 Å². The average molecular weight is 242 g/mol. The Bertz CT molecular complexity index is 193. The predicted octanol–water partition coefficient (Wildman–Crippen LogP) is 3.77. The van der Waals surface area contributed by atoms with Crippen LogP contribution < -0.4 is 0 Å². The zero-order valence-electron chi connectivity index (χ0n) is 11.8. The molecule has 1 aliphatic rings. The third-order valence-electron chi connectivity index (χ3n) is 4.11. The number of aliphatic hydroxyl groups excluding tert-OH is 1. The summed E-state index contributed by atoms with van der Waals surface area (Å²) >= 11 is 0. The monoisotopic (exact) mass is 242 g/mol. The maximum atomic E-state index is 9.92. The molecule has 0 bridgehead atoms. The average Bonchev–Trinajstić information content (AvgIpc) is 2.33. The van der Waals surface area contributed by atoms with Crippen LogP contribution in [0.2, 0.25) is 0 Å². The molecule has 0 aromatic carbocycles. The minimum Gasteiger partial charge on any atom is -0.390 e. The van der Waals surface area contributed by atoms with Gasteiger partial charge in [-0.1, -0.05) is 40.0 Å². The minimum absolute atomic E-state index is 0.0921. The molecule has 0 radical (unpaired) electrons. The van der Waals surface area contributed by atoms with Gasteiger partial charge in [0.15, 0.2) is 0 Å². The molecule has 0 amide bonds. The lowest BCUT2D eigenvalue weighted by molar-refractivity contribution is -0.0799. The van der Waals surface area contributed by atoms with Gasteiger partial charge >= 0.3 is 0 Å². The Kier molecular flexibility index (Phi) is 7.14. The first-order chi connectivity index (χ1) is 8.17. The number of hydrogen-bond acceptors (Lipinski definition) is 2. The lowest BCUT2D eigenvalue weighted by Gasteiger charge is -2.32. The van der Waals surface area contributed by atoms with Crippen LogP contribution in [-0.2, 0) is 4.74 Å². The highest BCUT2D eigenvalue weighted by Gasteiger charge is 2.28. The molecule has 1 N–H and O–H groups in total. The molecule has 4 unspecified atom stereocenters. The molecule has 102 valence electrons. The minimum atomic E-state index is -0.227. The molecule has 1 fully saturated rings. The van der Waals surface area contributed by atoms with Crippen molar-refractivity contribution in [1.29, 1.82) is 0 Å². The van der Waals surface area contributed by atoms with E-state index in [-0.39, 0.29) is 12.2 Å². The molecule has 0 aliphatic heterocycles. The van der Waals surface area contributed by atoms with Crippen molar-refractivity contribution in [1.82, 2.24) is 0 Å². The summed E-state index contributed by atoms with van der Waals surface area (Å²) in [5, 5.41) is 9.92. The van der Waals surface area contributed by atoms with E-state index in [2.05, 4.69) is 20.8 Å². The second kappa shape index (κ2) is 8.10. The zero-order chi connectivity index (χ0) is 12.7. The topological polar surface area (TPSA) is 29.5 Å². The molecule has 0 saturated heterocycles. The third kappa shape index (κ3) is 5.39. The Labute approximate surface area is 107 Å². The van der Waals surface area contributed by atoms with E-state index in [1.807, 2.05) is 0 Å². The van der Waals surface area contributed by atoms with Crippen LogP contribution in [0.25, 0.3) is 0 Å². The summed E-state index contributed by atoms with van der Waals surface area (Å²) in [7, 11) is 0. The second-order valence-corrected chi connectivity index (χ2v) is 5.77. The summed E-state index contributed by atoms with van der Waals surface area (Å²) in [5.74, 6) is 1.39. The van der Waals surface area contributed by atoms with Crippen LogP contribution in [0.3, 0.4) is 0 Å². The molecule has 1 rings (SSSR count). The summed E-state index contributed by atoms with van der Waals surface area (Å²) in [6, 6.07) is 0. The molecule has 2 heteroatoms. The van der Waals surface area contributed by atoms with Crippen molar-refractivity contribution in [2.24, 2.45) is 11.8 Å². The molecule has 2 nitrogen and oxygen atoms in total. The molecular weight excluding hydrogens is 212 g/mol. The number of hydrogen-bond donors (Lipinski definition) is 1. The van der Waals surface area contributed by atoms with Gasteiger partial charge in [-0.2, -0.15) is 0 Å². The van der Waals surface area contributed by atoms with Crippen molar-refractivity contribution in [3.8, 4) is 0 Å². The van der Waals surface area contributed by atoms with Gasteiger partial charge < -0.3 is 9.84 Å². The van der Waals surface area contributed by atoms with E-state index < -0.39 is 0 Å². The van der Waals surface area contributed by atoms with E-state index in [9.17, 15) is 5.11 Å². The van der Waals surface area contributed by atoms with Gasteiger partial charge in [0.05, 0.1) is 12.2 Å². The van der Waals surface area contributed by atoms with E-state index in [4.69, 9.17) is 4.74 Å². The molecule has 0 aromatic heterocycles. The fraction of sp³-hybridized carbons (Fsp3) is 1.00. The molecule has 0 heterocycles. The third-order valence-corrected chi connectivity index (χ3v) is 4.11. The van der Waals surface area contributed by atoms with Crippen molar-refractivity contribution in [3.63, 3.8) is 0 Å². The van der Waals surface area contributed by atoms with Crippen molar-refractivity contribution in [3.05, 3.63) is 0 Å². The van der Waals surface area contributed by atoms with Crippen LogP contribution in [0.1, 0.15) is 65.7 Å². The summed E-state index contributed by atoms with van der Waals surface area (Å²) in [4.78, 5) is 0. The standard InChI is InChI=1S/C15H30O2/c1-4-6-7-13(5-2)11-17-15-10-12(3)8-9-14(15)16/h12-16H,4-11H2,1-3H3. The quantitative estimate of drug-likeness (QED) is 0.736. The number of aliphatic hydroxyl groups is 1. The smallest absolute Gasteiger partial charge is 0.0836 e. The van der Waals surface area contributed by atoms with Crippen molar-refractivity contribution >= 4 is 0 Å². The highest BCUT2D eigenvalue weighted by molar-refractivity contribution is 4.78. The van der Waals surface area contributed by atoms with E-state index in [1.54, 1.807) is 0 Å². The lowest BCUT2D eigenvalue weighted by Crippen LogP contribution is -2.36. The van der Waals surface area contributed by atoms with Gasteiger partial charge in [0.25, 0.3) is 0 Å². The Morgan fingerprint density at radius 2 is 2.06 bits per heavy atom. The number of ether oxygens (including phenoxy) is 1. The SMILES string of the molecule is CCCCC(CC)COC1CC(C)CCC1O. The molecule has 1 aliphatic carbocycles. The summed E-state index contributed by atoms with van der Waals surface area (Å²) in [6.45, 7) is 7.57. The highest BCUT2D eigenvalue weighted by Crippen LogP contribution is 2.27. The van der Waals surface area contributed by atoms with Gasteiger partial charge in [0, 0.05) is 6.61 Å². The van der Waals surface area contributed by atoms with Gasteiger partial charge in [-0.15, -0.1) is 0 Å². The van der Waals surface area contributed by atoms with Gasteiger partial charge in [0.1, 0.15) is 0 Å². The summed E-state index contributed by atoms with van der Waals surface area (Å²) in [5.41, 5.74) is 0. The van der Waals surface area contributed by atoms with Crippen molar-refractivity contribution in [2.75, 3.05) is 6.61 Å². The largest absolute Gasteiger partial charge is 0.390 e. The maximum absolute atomic E-state index is 9.92. The van der Waals surface area contributed by atoms with Crippen molar-refractivity contribution in [2.45, 2.75) is 77.9 Å². The lowest BCUT2D eigenvalue weighted by atomic mass is 9.86. The van der Waals surface area contributed by atoms with Gasteiger partial charge in [-0.25, -0.2) is 0 Å². The van der Waals surface area contributed by atoms with Crippen LogP contribution in [0.4, 0.5) is 0 Å². The van der Waals surface area contributed by atoms with E-state index >= 15 is 0 Å². The number of rotatable bonds is 7. The molecule has 17 heavy (non-hydrogen) atoms. The first-order valence-electron chi connectivity index (χ1n) is 7.47. The molecule has 0 aromatic rings. The normalized spacial score (nSPS) is 31.4. The Morgan fingerprint density at radius 3 is 2.71 bits per heavy atom. The Morgan fingerprint density at radius 1 is 1.29 bits per heavy atom. The second-order valence-electron chi connectivity index (χ2n) is 5.77. The zero-order valence-corrected chi connectivity index (χ0v) is 11.8. The van der Waals surface area contributed by atoms with E-state index in [0.29, 0.717) is 11.8 Å². The van der Waals surface area contributed by atoms with Crippen LogP contribution >= 0.6 is 0 Å². The van der Waals surface area contributed by atoms with Gasteiger partial charge in [0.2, 0.25) is 0 Å². The Balaban J connectivity index is 2.26. The summed E-state index contributed by atoms with van der Waals surface area (Å²) in [6.07, 6.45) is 7.98. The van der Waals surface area contributed by atoms with E-state index in [1.165, 1.54) is 25.7 Å². The molecule has 4 atom stereocenters. The molecule has 1 saturated carbocycles. The molecule has 0 spiro atoms. The first kappa shape index (κ1) is 15.0. The fourth-order valence-corrected chi connectivity index (χ4v) is 2.65. The van der Waals surface area contributed by atoms with E-state index in [0.717, 1.165) is 25.9 Å². The first-order valence-corrected chi connectivity index (χ1v) is 7.47. The van der Waals surface area contributed by atoms with Crippen LogP contribution in [0.5, 0.6) is 0 Å². The van der Waals surface area contributed by atoms with Gasteiger partial charge in [-0.05, 0) is 37.5 Å². The van der Waals surface area contributed by atoms with Crippen molar-refractivity contribution < 1.29 is 9.84 Å². The highest BCUT2D eigenvalue weighted by atomic mass is 16.5. The van der Waals surface area contributed by atoms with Crippen LogP contribution in [-0.4, -0.2) is 23.9 Å².